The molecule has 2 aliphatic rings. The smallest absolute Gasteiger partial charge is 0.256 e. The number of likely N-dealkylation sites (tertiary alicyclic amines) is 1. The Hall–Kier alpha value is -2.82. The topological polar surface area (TPSA) is 46.1 Å². The summed E-state index contributed by atoms with van der Waals surface area (Å²) in [6.45, 7) is 0.854. The molecule has 0 radical (unpaired) electrons. The molecule has 2 fully saturated rings. The summed E-state index contributed by atoms with van der Waals surface area (Å²) in [5.74, 6) is 0.399. The number of hydrogen-bond donors (Lipinski definition) is 0. The quantitative estimate of drug-likeness (QED) is 0.702. The fraction of sp³-hybridized carbons (Fsp3) is 0.286. The highest BCUT2D eigenvalue weighted by molar-refractivity contribution is 6.00. The average molecular weight is 347 g/mol. The van der Waals surface area contributed by atoms with Gasteiger partial charge in [-0.2, -0.15) is 0 Å². The second-order valence-corrected chi connectivity index (χ2v) is 7.25. The summed E-state index contributed by atoms with van der Waals surface area (Å²) >= 11 is 0. The van der Waals surface area contributed by atoms with Gasteiger partial charge in [-0.05, 0) is 55.5 Å². The molecule has 1 amide bonds. The second kappa shape index (κ2) is 5.87. The van der Waals surface area contributed by atoms with Crippen molar-refractivity contribution >= 4 is 16.8 Å². The Kier molecular flexibility index (Phi) is 3.48. The summed E-state index contributed by atoms with van der Waals surface area (Å²) in [7, 11) is 0. The van der Waals surface area contributed by atoms with Gasteiger partial charge in [-0.3, -0.25) is 14.8 Å². The molecule has 26 heavy (non-hydrogen) atoms. The van der Waals surface area contributed by atoms with Gasteiger partial charge in [0.1, 0.15) is 5.82 Å². The van der Waals surface area contributed by atoms with Gasteiger partial charge in [0, 0.05) is 42.0 Å². The van der Waals surface area contributed by atoms with Gasteiger partial charge in [-0.1, -0.05) is 0 Å². The SMILES string of the molecule is O=C(c1cccnc1-c1cnc2cc(F)ccc2c1)N1C[C@H]2CC[C@@H]1C2. The van der Waals surface area contributed by atoms with Crippen molar-refractivity contribution < 1.29 is 9.18 Å². The minimum Gasteiger partial charge on any atom is -0.335 e. The highest BCUT2D eigenvalue weighted by Gasteiger charge is 2.41. The maximum atomic E-state index is 13.4. The van der Waals surface area contributed by atoms with Gasteiger partial charge >= 0.3 is 0 Å². The lowest BCUT2D eigenvalue weighted by Gasteiger charge is -2.27. The van der Waals surface area contributed by atoms with Crippen molar-refractivity contribution in [3.8, 4) is 11.3 Å². The summed E-state index contributed by atoms with van der Waals surface area (Å²) in [6, 6.07) is 10.4. The van der Waals surface area contributed by atoms with Crippen LogP contribution in [-0.4, -0.2) is 33.4 Å². The van der Waals surface area contributed by atoms with E-state index in [0.29, 0.717) is 28.7 Å². The van der Waals surface area contributed by atoms with E-state index in [1.165, 1.54) is 18.6 Å². The molecule has 0 spiro atoms. The Morgan fingerprint density at radius 3 is 2.88 bits per heavy atom. The predicted octanol–water partition coefficient (Wildman–Crippen LogP) is 4.06. The number of piperidine rings is 1. The van der Waals surface area contributed by atoms with Crippen LogP contribution in [0.2, 0.25) is 0 Å². The van der Waals surface area contributed by atoms with Crippen molar-refractivity contribution in [2.24, 2.45) is 5.92 Å². The summed E-state index contributed by atoms with van der Waals surface area (Å²) in [4.78, 5) is 24.0. The molecule has 130 valence electrons. The number of hydrogen-bond acceptors (Lipinski definition) is 3. The molecule has 5 rings (SSSR count). The van der Waals surface area contributed by atoms with Crippen LogP contribution in [-0.2, 0) is 0 Å². The van der Waals surface area contributed by atoms with Crippen LogP contribution >= 0.6 is 0 Å². The van der Waals surface area contributed by atoms with Crippen molar-refractivity contribution in [2.75, 3.05) is 6.54 Å². The minimum atomic E-state index is -0.310. The van der Waals surface area contributed by atoms with Gasteiger partial charge < -0.3 is 4.90 Å². The minimum absolute atomic E-state index is 0.0551. The Morgan fingerprint density at radius 2 is 2.08 bits per heavy atom. The fourth-order valence-corrected chi connectivity index (χ4v) is 4.36. The fourth-order valence-electron chi connectivity index (χ4n) is 4.36. The average Bonchev–Trinajstić information content (AvgIpc) is 3.30. The number of carbonyl (C=O) groups excluding carboxylic acids is 1. The van der Waals surface area contributed by atoms with Crippen LogP contribution in [0.3, 0.4) is 0 Å². The lowest BCUT2D eigenvalue weighted by molar-refractivity contribution is 0.0704. The van der Waals surface area contributed by atoms with E-state index in [-0.39, 0.29) is 11.7 Å². The van der Waals surface area contributed by atoms with Gasteiger partial charge in [-0.15, -0.1) is 0 Å². The molecular formula is C21H18FN3O. The van der Waals surface area contributed by atoms with Gasteiger partial charge in [0.05, 0.1) is 16.8 Å². The Morgan fingerprint density at radius 1 is 1.15 bits per heavy atom. The van der Waals surface area contributed by atoms with Crippen LogP contribution in [0.4, 0.5) is 4.39 Å². The molecule has 1 saturated heterocycles. The molecule has 4 nitrogen and oxygen atoms in total. The first-order valence-corrected chi connectivity index (χ1v) is 9.01. The number of benzene rings is 1. The molecule has 2 atom stereocenters. The van der Waals surface area contributed by atoms with Crippen molar-refractivity contribution in [1.29, 1.82) is 0 Å². The normalized spacial score (nSPS) is 21.5. The number of rotatable bonds is 2. The van der Waals surface area contributed by atoms with Crippen molar-refractivity contribution in [2.45, 2.75) is 25.3 Å². The molecule has 1 aliphatic carbocycles. The number of pyridine rings is 2. The van der Waals surface area contributed by atoms with E-state index in [1.807, 2.05) is 17.0 Å². The van der Waals surface area contributed by atoms with E-state index in [2.05, 4.69) is 9.97 Å². The van der Waals surface area contributed by atoms with Crippen LogP contribution in [0.15, 0.2) is 48.8 Å². The molecule has 0 unspecified atom stereocenters. The Bertz CT molecular complexity index is 1020. The zero-order valence-electron chi connectivity index (χ0n) is 14.2. The molecule has 3 heterocycles. The zero-order valence-corrected chi connectivity index (χ0v) is 14.2. The van der Waals surface area contributed by atoms with Crippen molar-refractivity contribution in [1.82, 2.24) is 14.9 Å². The first kappa shape index (κ1) is 15.4. The van der Waals surface area contributed by atoms with Crippen LogP contribution in [0.1, 0.15) is 29.6 Å². The lowest BCUT2D eigenvalue weighted by Crippen LogP contribution is -2.37. The molecule has 1 aromatic carbocycles. The largest absolute Gasteiger partial charge is 0.335 e. The van der Waals surface area contributed by atoms with Crippen LogP contribution < -0.4 is 0 Å². The van der Waals surface area contributed by atoms with Crippen LogP contribution in [0.25, 0.3) is 22.2 Å². The highest BCUT2D eigenvalue weighted by atomic mass is 19.1. The number of carbonyl (C=O) groups is 1. The van der Waals surface area contributed by atoms with E-state index in [9.17, 15) is 9.18 Å². The van der Waals surface area contributed by atoms with Gasteiger partial charge in [-0.25, -0.2) is 4.39 Å². The molecule has 2 bridgehead atoms. The maximum Gasteiger partial charge on any atom is 0.256 e. The van der Waals surface area contributed by atoms with Gasteiger partial charge in [0.15, 0.2) is 0 Å². The molecule has 0 N–H and O–H groups in total. The standard InChI is InChI=1S/C21H18FN3O/c22-16-5-4-14-9-15(11-24-19(14)10-16)20-18(2-1-7-23-20)21(26)25-12-13-3-6-17(25)8-13/h1-2,4-5,7,9-11,13,17H,3,6,8,12H2/t13-,17+/m0/s1. The van der Waals surface area contributed by atoms with E-state index >= 15 is 0 Å². The van der Waals surface area contributed by atoms with E-state index in [0.717, 1.165) is 30.3 Å². The molecule has 5 heteroatoms. The zero-order chi connectivity index (χ0) is 17.7. The maximum absolute atomic E-state index is 13.4. The number of nitrogens with zero attached hydrogens (tertiary/aromatic N) is 3. The second-order valence-electron chi connectivity index (χ2n) is 7.25. The first-order valence-electron chi connectivity index (χ1n) is 9.01. The summed E-state index contributed by atoms with van der Waals surface area (Å²) in [5, 5.41) is 0.827. The monoisotopic (exact) mass is 347 g/mol. The highest BCUT2D eigenvalue weighted by Crippen LogP contribution is 2.38. The predicted molar refractivity (Wildman–Crippen MR) is 97.1 cm³/mol. The van der Waals surface area contributed by atoms with Crippen LogP contribution in [0.5, 0.6) is 0 Å². The third kappa shape index (κ3) is 2.46. The number of aromatic nitrogens is 2. The van der Waals surface area contributed by atoms with Crippen molar-refractivity contribution in [3.05, 3.63) is 60.2 Å². The third-order valence-electron chi connectivity index (χ3n) is 5.63. The van der Waals surface area contributed by atoms with E-state index in [4.69, 9.17) is 0 Å². The number of halogens is 1. The number of amides is 1. The molecule has 1 aliphatic heterocycles. The Labute approximate surface area is 150 Å². The molecule has 1 saturated carbocycles. The third-order valence-corrected chi connectivity index (χ3v) is 5.63. The molecule has 3 aromatic rings. The van der Waals surface area contributed by atoms with Gasteiger partial charge in [0.2, 0.25) is 0 Å². The first-order chi connectivity index (χ1) is 12.7. The number of fused-ring (bicyclic) bond motifs is 3. The summed E-state index contributed by atoms with van der Waals surface area (Å²) in [5.41, 5.74) is 2.62. The molecular weight excluding hydrogens is 329 g/mol. The summed E-state index contributed by atoms with van der Waals surface area (Å²) in [6.07, 6.45) is 6.83. The van der Waals surface area contributed by atoms with Gasteiger partial charge in [0.25, 0.3) is 5.91 Å². The van der Waals surface area contributed by atoms with Crippen molar-refractivity contribution in [3.63, 3.8) is 0 Å². The Balaban J connectivity index is 1.56. The van der Waals surface area contributed by atoms with Crippen LogP contribution in [0, 0.1) is 11.7 Å². The lowest BCUT2D eigenvalue weighted by atomic mass is 10.0. The van der Waals surface area contributed by atoms with E-state index in [1.54, 1.807) is 24.5 Å². The molecule has 2 aromatic heterocycles. The summed E-state index contributed by atoms with van der Waals surface area (Å²) < 4.78 is 13.4. The van der Waals surface area contributed by atoms with E-state index < -0.39 is 0 Å².